The highest BCUT2D eigenvalue weighted by Gasteiger charge is 2.65. The van der Waals surface area contributed by atoms with Crippen LogP contribution in [-0.2, 0) is 0 Å². The van der Waals surface area contributed by atoms with E-state index in [-0.39, 0.29) is 29.1 Å². The summed E-state index contributed by atoms with van der Waals surface area (Å²) in [6, 6.07) is 0. The Morgan fingerprint density at radius 1 is 0.966 bits per heavy atom. The van der Waals surface area contributed by atoms with Gasteiger partial charge in [0.05, 0.1) is 18.3 Å². The van der Waals surface area contributed by atoms with Crippen LogP contribution in [0.25, 0.3) is 0 Å². The molecular weight excluding hydrogens is 362 g/mol. The third kappa shape index (κ3) is 3.41. The largest absolute Gasteiger partial charge is 0.393 e. The maximum atomic E-state index is 11.6. The molecule has 4 aliphatic carbocycles. The summed E-state index contributed by atoms with van der Waals surface area (Å²) < 4.78 is 0. The second kappa shape index (κ2) is 7.76. The van der Waals surface area contributed by atoms with E-state index in [1.165, 1.54) is 12.8 Å². The van der Waals surface area contributed by atoms with Gasteiger partial charge in [-0.15, -0.1) is 0 Å². The van der Waals surface area contributed by atoms with E-state index >= 15 is 0 Å². The fraction of sp³-hybridized carbons (Fsp3) is 1.00. The Bertz CT molecular complexity index is 597. The van der Waals surface area contributed by atoms with Crippen molar-refractivity contribution in [2.24, 2.45) is 46.3 Å². The Labute approximate surface area is 178 Å². The van der Waals surface area contributed by atoms with Gasteiger partial charge in [-0.25, -0.2) is 0 Å². The van der Waals surface area contributed by atoms with E-state index in [0.717, 1.165) is 45.1 Å². The van der Waals surface area contributed by atoms with Gasteiger partial charge in [-0.05, 0) is 118 Å². The maximum absolute atomic E-state index is 11.6. The van der Waals surface area contributed by atoms with Crippen molar-refractivity contribution in [2.75, 3.05) is 20.6 Å². The fourth-order valence-electron chi connectivity index (χ4n) is 8.79. The number of rotatable bonds is 4. The lowest BCUT2D eigenvalue weighted by atomic mass is 9.43. The highest BCUT2D eigenvalue weighted by Crippen LogP contribution is 2.68. The van der Waals surface area contributed by atoms with Crippen molar-refractivity contribution < 1.29 is 15.3 Å². The van der Waals surface area contributed by atoms with E-state index in [0.29, 0.717) is 35.5 Å². The first-order valence-electron chi connectivity index (χ1n) is 12.3. The second-order valence-electron chi connectivity index (χ2n) is 12.1. The molecule has 4 nitrogen and oxygen atoms in total. The second-order valence-corrected chi connectivity index (χ2v) is 12.1. The van der Waals surface area contributed by atoms with Crippen molar-refractivity contribution in [3.05, 3.63) is 0 Å². The van der Waals surface area contributed by atoms with E-state index < -0.39 is 0 Å². The summed E-state index contributed by atoms with van der Waals surface area (Å²) in [4.78, 5) is 2.27. The van der Waals surface area contributed by atoms with Crippen LogP contribution in [0.5, 0.6) is 0 Å². The van der Waals surface area contributed by atoms with Crippen LogP contribution in [0, 0.1) is 46.3 Å². The maximum Gasteiger partial charge on any atom is 0.0602 e. The topological polar surface area (TPSA) is 63.9 Å². The molecule has 11 atom stereocenters. The normalized spacial score (nSPS) is 53.3. The van der Waals surface area contributed by atoms with Gasteiger partial charge in [-0.3, -0.25) is 0 Å². The van der Waals surface area contributed by atoms with Crippen LogP contribution in [0.15, 0.2) is 0 Å². The average Bonchev–Trinajstić information content (AvgIpc) is 3.01. The molecule has 4 rings (SSSR count). The number of nitrogens with zero attached hydrogens (tertiary/aromatic N) is 1. The Balaban J connectivity index is 1.60. The molecule has 0 aliphatic heterocycles. The average molecular weight is 408 g/mol. The molecule has 0 heterocycles. The molecule has 29 heavy (non-hydrogen) atoms. The molecule has 0 aromatic carbocycles. The first-order chi connectivity index (χ1) is 13.6. The Hall–Kier alpha value is -0.160. The Morgan fingerprint density at radius 2 is 1.69 bits per heavy atom. The highest BCUT2D eigenvalue weighted by atomic mass is 16.3. The van der Waals surface area contributed by atoms with Crippen molar-refractivity contribution in [3.8, 4) is 0 Å². The predicted octanol–water partition coefficient (Wildman–Crippen LogP) is 3.54. The molecule has 0 bridgehead atoms. The highest BCUT2D eigenvalue weighted by molar-refractivity contribution is 5.14. The number of hydrogen-bond donors (Lipinski definition) is 3. The number of fused-ring (bicyclic) bond motifs is 5. The number of aliphatic hydroxyl groups is 3. The van der Waals surface area contributed by atoms with Gasteiger partial charge >= 0.3 is 0 Å². The van der Waals surface area contributed by atoms with E-state index in [1.54, 1.807) is 0 Å². The zero-order chi connectivity index (χ0) is 21.1. The fourth-order valence-corrected chi connectivity index (χ4v) is 8.79. The monoisotopic (exact) mass is 407 g/mol. The molecular formula is C25H45NO3. The first kappa shape index (κ1) is 22.0. The molecule has 0 amide bonds. The quantitative estimate of drug-likeness (QED) is 0.667. The Morgan fingerprint density at radius 3 is 2.38 bits per heavy atom. The molecule has 0 aromatic heterocycles. The zero-order valence-corrected chi connectivity index (χ0v) is 19.3. The summed E-state index contributed by atoms with van der Waals surface area (Å²) in [6.45, 7) is 8.26. The van der Waals surface area contributed by atoms with Crippen molar-refractivity contribution in [2.45, 2.75) is 90.4 Å². The minimum Gasteiger partial charge on any atom is -0.393 e. The summed E-state index contributed by atoms with van der Waals surface area (Å²) in [7, 11) is 4.28. The van der Waals surface area contributed by atoms with Gasteiger partial charge < -0.3 is 20.2 Å². The molecule has 3 N–H and O–H groups in total. The predicted molar refractivity (Wildman–Crippen MR) is 116 cm³/mol. The van der Waals surface area contributed by atoms with Crippen molar-refractivity contribution in [3.63, 3.8) is 0 Å². The molecule has 0 spiro atoms. The number of aliphatic hydroxyl groups excluding tert-OH is 3. The van der Waals surface area contributed by atoms with Gasteiger partial charge in [0, 0.05) is 0 Å². The third-order valence-electron chi connectivity index (χ3n) is 10.6. The van der Waals surface area contributed by atoms with Gasteiger partial charge in [-0.1, -0.05) is 20.8 Å². The van der Waals surface area contributed by atoms with E-state index in [4.69, 9.17) is 0 Å². The Kier molecular flexibility index (Phi) is 5.90. The van der Waals surface area contributed by atoms with Crippen LogP contribution < -0.4 is 0 Å². The lowest BCUT2D eigenvalue weighted by molar-refractivity contribution is -0.207. The first-order valence-corrected chi connectivity index (χ1v) is 12.3. The molecule has 4 saturated carbocycles. The molecule has 0 radical (unpaired) electrons. The summed E-state index contributed by atoms with van der Waals surface area (Å²) in [5.41, 5.74) is 0.102. The summed E-state index contributed by atoms with van der Waals surface area (Å²) in [5, 5.41) is 33.1. The van der Waals surface area contributed by atoms with Gasteiger partial charge in [0.1, 0.15) is 0 Å². The van der Waals surface area contributed by atoms with E-state index in [2.05, 4.69) is 39.8 Å². The molecule has 168 valence electrons. The summed E-state index contributed by atoms with van der Waals surface area (Å²) in [6.07, 6.45) is 7.25. The lowest BCUT2D eigenvalue weighted by Crippen LogP contribution is -2.62. The third-order valence-corrected chi connectivity index (χ3v) is 10.6. The van der Waals surface area contributed by atoms with E-state index in [9.17, 15) is 15.3 Å². The van der Waals surface area contributed by atoms with Gasteiger partial charge in [0.25, 0.3) is 0 Å². The zero-order valence-electron chi connectivity index (χ0n) is 19.3. The number of hydrogen-bond acceptors (Lipinski definition) is 4. The van der Waals surface area contributed by atoms with Gasteiger partial charge in [-0.2, -0.15) is 0 Å². The minimum absolute atomic E-state index is 0.0642. The van der Waals surface area contributed by atoms with Crippen LogP contribution in [0.2, 0.25) is 0 Å². The SMILES string of the molecule is C[C@H](CCN(C)C)[C@H]1CC[C@H]2[C@@H]3[C@H](O)C[C@H]4C[C@@H](O)CC[C@]4(C)[C@H]3C[C@H](O)[C@]12C. The van der Waals surface area contributed by atoms with Crippen LogP contribution in [0.3, 0.4) is 0 Å². The summed E-state index contributed by atoms with van der Waals surface area (Å²) >= 11 is 0. The molecule has 4 heteroatoms. The molecule has 0 aromatic rings. The summed E-state index contributed by atoms with van der Waals surface area (Å²) in [5.74, 6) is 2.71. The van der Waals surface area contributed by atoms with Crippen molar-refractivity contribution >= 4 is 0 Å². The molecule has 4 fully saturated rings. The standard InChI is InChI=1S/C25H45NO3/c1-15(9-11-26(4)5)18-6-7-19-23-20(14-22(29)25(18,19)3)24(2)10-8-17(27)12-16(24)13-21(23)28/h15-23,27-29H,6-14H2,1-5H3/t15-,16-,17+,18-,19+,20+,21-,22+,23+,24+,25-/m1/s1. The van der Waals surface area contributed by atoms with E-state index in [1.807, 2.05) is 0 Å². The molecule has 0 saturated heterocycles. The van der Waals surface area contributed by atoms with Crippen molar-refractivity contribution in [1.29, 1.82) is 0 Å². The van der Waals surface area contributed by atoms with Crippen LogP contribution >= 0.6 is 0 Å². The molecule has 0 unspecified atom stereocenters. The smallest absolute Gasteiger partial charge is 0.0602 e. The van der Waals surface area contributed by atoms with Gasteiger partial charge in [0.2, 0.25) is 0 Å². The van der Waals surface area contributed by atoms with Crippen LogP contribution in [-0.4, -0.2) is 59.2 Å². The lowest BCUT2D eigenvalue weighted by Gasteiger charge is -2.63. The van der Waals surface area contributed by atoms with Crippen LogP contribution in [0.1, 0.15) is 72.1 Å². The van der Waals surface area contributed by atoms with Crippen molar-refractivity contribution in [1.82, 2.24) is 4.90 Å². The van der Waals surface area contributed by atoms with Gasteiger partial charge in [0.15, 0.2) is 0 Å². The molecule has 4 aliphatic rings. The minimum atomic E-state index is -0.268. The van der Waals surface area contributed by atoms with Crippen LogP contribution in [0.4, 0.5) is 0 Å².